The number of benzene rings is 1. The van der Waals surface area contributed by atoms with E-state index in [1.807, 2.05) is 11.6 Å². The molecule has 2 fully saturated rings. The lowest BCUT2D eigenvalue weighted by Gasteiger charge is -2.19. The van der Waals surface area contributed by atoms with Crippen LogP contribution in [-0.2, 0) is 14.8 Å². The lowest BCUT2D eigenvalue weighted by molar-refractivity contribution is -0.154. The third-order valence-electron chi connectivity index (χ3n) is 7.23. The normalized spacial score (nSPS) is 16.8. The molecule has 0 radical (unpaired) electrons. The molecule has 4 rings (SSSR count). The van der Waals surface area contributed by atoms with Gasteiger partial charge in [0, 0.05) is 23.2 Å². The molecule has 1 aromatic carbocycles. The second-order valence-corrected chi connectivity index (χ2v) is 12.7. The summed E-state index contributed by atoms with van der Waals surface area (Å²) in [4.78, 5) is 37.3. The first-order valence-electron chi connectivity index (χ1n) is 13.7. The highest BCUT2D eigenvalue weighted by Crippen LogP contribution is 2.46. The van der Waals surface area contributed by atoms with Crippen molar-refractivity contribution < 1.29 is 35.9 Å². The van der Waals surface area contributed by atoms with Crippen molar-refractivity contribution in [1.29, 1.82) is 0 Å². The minimum Gasteiger partial charge on any atom is -0.454 e. The molecule has 0 spiro atoms. The molecule has 46 heavy (non-hydrogen) atoms. The Labute approximate surface area is 268 Å². The first-order valence-corrected chi connectivity index (χ1v) is 15.6. The molecule has 0 saturated heterocycles. The summed E-state index contributed by atoms with van der Waals surface area (Å²) in [6.45, 7) is 3.29. The van der Waals surface area contributed by atoms with E-state index in [4.69, 9.17) is 22.8 Å². The van der Waals surface area contributed by atoms with Crippen molar-refractivity contribution >= 4 is 51.0 Å². The molecule has 1 heterocycles. The van der Waals surface area contributed by atoms with Gasteiger partial charge in [0.15, 0.2) is 6.61 Å². The van der Waals surface area contributed by atoms with Crippen LogP contribution >= 0.6 is 11.6 Å². The van der Waals surface area contributed by atoms with E-state index in [0.717, 1.165) is 5.57 Å². The van der Waals surface area contributed by atoms with Gasteiger partial charge in [0.25, 0.3) is 15.9 Å². The van der Waals surface area contributed by atoms with Gasteiger partial charge < -0.3 is 20.7 Å². The summed E-state index contributed by atoms with van der Waals surface area (Å²) in [7, 11) is -3.96. The number of alkyl halides is 3. The van der Waals surface area contributed by atoms with Gasteiger partial charge in [-0.3, -0.25) is 9.59 Å². The van der Waals surface area contributed by atoms with Crippen LogP contribution in [0, 0.1) is 17.8 Å². The van der Waals surface area contributed by atoms with Crippen LogP contribution < -0.4 is 25.4 Å². The molecule has 0 unspecified atom stereocenters. The van der Waals surface area contributed by atoms with Crippen LogP contribution in [0.15, 0.2) is 59.0 Å². The number of nitrogens with zero attached hydrogens (tertiary/aromatic N) is 3. The van der Waals surface area contributed by atoms with Crippen molar-refractivity contribution in [2.24, 2.45) is 5.41 Å². The van der Waals surface area contributed by atoms with E-state index in [9.17, 15) is 31.2 Å². The van der Waals surface area contributed by atoms with Gasteiger partial charge >= 0.3 is 12.2 Å². The third-order valence-corrected chi connectivity index (χ3v) is 8.38. The molecule has 2 aliphatic rings. The molecule has 2 aromatic rings. The number of allylic oxidation sites excluding steroid dienone is 3. The maximum atomic E-state index is 12.9. The summed E-state index contributed by atoms with van der Waals surface area (Å²) < 4.78 is 68.5. The van der Waals surface area contributed by atoms with Crippen molar-refractivity contribution in [2.75, 3.05) is 23.8 Å². The number of carbonyl (C=O) groups excluding carboxylic acids is 2. The van der Waals surface area contributed by atoms with Gasteiger partial charge in [-0.2, -0.15) is 28.1 Å². The minimum atomic E-state index is -4.63. The van der Waals surface area contributed by atoms with Gasteiger partial charge in [0.1, 0.15) is 0 Å². The molecule has 0 aliphatic heterocycles. The molecular formula is C29H29ClF3N7O5S. The van der Waals surface area contributed by atoms with E-state index in [1.165, 1.54) is 24.3 Å². The van der Waals surface area contributed by atoms with Crippen LogP contribution in [0.3, 0.4) is 0 Å². The Kier molecular flexibility index (Phi) is 9.97. The van der Waals surface area contributed by atoms with E-state index in [2.05, 4.69) is 43.4 Å². The fourth-order valence-corrected chi connectivity index (χ4v) is 4.76. The molecule has 1 aromatic heterocycles. The molecule has 2 amide bonds. The Balaban J connectivity index is 1.45. The van der Waals surface area contributed by atoms with Gasteiger partial charge in [0.05, 0.1) is 16.0 Å². The van der Waals surface area contributed by atoms with Gasteiger partial charge in [-0.25, -0.2) is 13.1 Å². The molecule has 0 bridgehead atoms. The van der Waals surface area contributed by atoms with Crippen LogP contribution in [0.25, 0.3) is 0 Å². The molecule has 0 atom stereocenters. The standard InChI is InChI=1S/C29H29ClF3N7O5S/c1-4-20(30)9-6-18(3)28(14-15-28)39-25-36-24(37-26(38-25)45-17-29(31,32)33)35-21-10-7-19(8-11-21)22(41)34-16-27(12-13-27)23(42)40-46(43,44)5-2/h1,5-11H,2,12-17H2,3H3,(H,34,41)(H,40,42)(H2,35,36,37,38,39). The van der Waals surface area contributed by atoms with Crippen molar-refractivity contribution in [3.63, 3.8) is 0 Å². The zero-order chi connectivity index (χ0) is 33.8. The highest BCUT2D eigenvalue weighted by Gasteiger charge is 2.51. The number of carbonyl (C=O) groups is 2. The molecule has 2 aliphatic carbocycles. The quantitative estimate of drug-likeness (QED) is 0.167. The predicted octanol–water partition coefficient (Wildman–Crippen LogP) is 4.30. The van der Waals surface area contributed by atoms with Gasteiger partial charge in [-0.05, 0) is 68.5 Å². The van der Waals surface area contributed by atoms with E-state index in [0.29, 0.717) is 36.8 Å². The van der Waals surface area contributed by atoms with Crippen LogP contribution in [0.4, 0.5) is 30.8 Å². The number of hydrogen-bond acceptors (Lipinski definition) is 10. The molecule has 4 N–H and O–H groups in total. The first kappa shape index (κ1) is 34.3. The van der Waals surface area contributed by atoms with E-state index in [-0.39, 0.29) is 29.0 Å². The average molecular weight is 680 g/mol. The van der Waals surface area contributed by atoms with Crippen molar-refractivity contribution in [2.45, 2.75) is 44.3 Å². The van der Waals surface area contributed by atoms with Gasteiger partial charge in [-0.15, -0.1) is 6.42 Å². The zero-order valence-corrected chi connectivity index (χ0v) is 25.9. The number of aromatic nitrogens is 3. The molecule has 2 saturated carbocycles. The monoisotopic (exact) mass is 679 g/mol. The van der Waals surface area contributed by atoms with Crippen molar-refractivity contribution in [3.8, 4) is 18.4 Å². The number of sulfonamides is 1. The second kappa shape index (κ2) is 13.4. The Morgan fingerprint density at radius 3 is 2.33 bits per heavy atom. The predicted molar refractivity (Wildman–Crippen MR) is 164 cm³/mol. The molecule has 17 heteroatoms. The second-order valence-electron chi connectivity index (χ2n) is 10.7. The van der Waals surface area contributed by atoms with Crippen molar-refractivity contribution in [1.82, 2.24) is 25.0 Å². The topological polar surface area (TPSA) is 164 Å². The zero-order valence-electron chi connectivity index (χ0n) is 24.4. The highest BCUT2D eigenvalue weighted by atomic mass is 35.5. The number of ether oxygens (including phenoxy) is 1. The first-order chi connectivity index (χ1) is 21.6. The smallest absolute Gasteiger partial charge is 0.422 e. The lowest BCUT2D eigenvalue weighted by atomic mass is 10.1. The van der Waals surface area contributed by atoms with Crippen LogP contribution in [0.1, 0.15) is 43.0 Å². The summed E-state index contributed by atoms with van der Waals surface area (Å²) in [5.74, 6) is 0.896. The number of rotatable bonds is 14. The van der Waals surface area contributed by atoms with Gasteiger partial charge in [-0.1, -0.05) is 30.2 Å². The summed E-state index contributed by atoms with van der Waals surface area (Å²) in [5.41, 5.74) is -0.143. The number of amides is 2. The van der Waals surface area contributed by atoms with E-state index < -0.39 is 51.6 Å². The van der Waals surface area contributed by atoms with Crippen LogP contribution in [-0.4, -0.2) is 60.1 Å². The average Bonchev–Trinajstić information content (AvgIpc) is 3.94. The third kappa shape index (κ3) is 9.21. The minimum absolute atomic E-state index is 0.0399. The van der Waals surface area contributed by atoms with Crippen LogP contribution in [0.2, 0.25) is 0 Å². The Morgan fingerprint density at radius 2 is 1.76 bits per heavy atom. The Morgan fingerprint density at radius 1 is 1.11 bits per heavy atom. The number of halogens is 4. The summed E-state index contributed by atoms with van der Waals surface area (Å²) >= 11 is 5.88. The summed E-state index contributed by atoms with van der Waals surface area (Å²) in [6.07, 6.45) is 6.11. The number of hydrogen-bond donors (Lipinski definition) is 4. The Hall–Kier alpha value is -4.62. The number of terminal acetylenes is 1. The largest absolute Gasteiger partial charge is 0.454 e. The van der Waals surface area contributed by atoms with E-state index >= 15 is 0 Å². The fraction of sp³-hybridized carbons (Fsp3) is 0.345. The highest BCUT2D eigenvalue weighted by molar-refractivity contribution is 7.92. The SMILES string of the molecule is C#CC(Cl)=CC=C(C)C1(Nc2nc(Nc3ccc(C(=O)NCC4(C(=O)NS(=O)(=O)C=C)CC4)cc3)nc(OCC(F)(F)F)n2)CC1. The fourth-order valence-electron chi connectivity index (χ4n) is 4.14. The Bertz CT molecular complexity index is 1730. The number of nitrogens with one attached hydrogen (secondary N) is 4. The summed E-state index contributed by atoms with van der Waals surface area (Å²) in [6, 6.07) is 5.37. The number of anilines is 3. The molecule has 12 nitrogen and oxygen atoms in total. The van der Waals surface area contributed by atoms with Crippen molar-refractivity contribution in [3.05, 3.63) is 64.6 Å². The summed E-state index contributed by atoms with van der Waals surface area (Å²) in [5, 5.41) is 9.46. The van der Waals surface area contributed by atoms with E-state index in [1.54, 1.807) is 12.2 Å². The molecular weight excluding hydrogens is 651 g/mol. The maximum absolute atomic E-state index is 12.9. The van der Waals surface area contributed by atoms with Gasteiger partial charge in [0.2, 0.25) is 17.8 Å². The van der Waals surface area contributed by atoms with Crippen LogP contribution in [0.5, 0.6) is 6.01 Å². The lowest BCUT2D eigenvalue weighted by Crippen LogP contribution is -2.42. The molecule has 244 valence electrons. The maximum Gasteiger partial charge on any atom is 0.422 e.